The van der Waals surface area contributed by atoms with Crippen molar-refractivity contribution in [1.29, 1.82) is 0 Å². The van der Waals surface area contributed by atoms with E-state index in [9.17, 15) is 4.79 Å². The van der Waals surface area contributed by atoms with Gasteiger partial charge in [-0.25, -0.2) is 10.2 Å². The molecule has 7 heteroatoms. The lowest BCUT2D eigenvalue weighted by atomic mass is 10.9. The van der Waals surface area contributed by atoms with Crippen LogP contribution in [0.2, 0.25) is 0 Å². The van der Waals surface area contributed by atoms with Crippen LogP contribution in [0.25, 0.3) is 0 Å². The van der Waals surface area contributed by atoms with Crippen molar-refractivity contribution in [2.45, 2.75) is 0 Å². The minimum Gasteiger partial charge on any atom is -0.330 e. The molecule has 74 valence electrons. The smallest absolute Gasteiger partial charge is 0.330 e. The Kier molecular flexibility index (Phi) is 3.76. The number of hydrazine groups is 2. The van der Waals surface area contributed by atoms with Crippen LogP contribution in [0.4, 0.5) is 4.79 Å². The van der Waals surface area contributed by atoms with Gasteiger partial charge in [-0.2, -0.15) is 0 Å². The zero-order valence-corrected chi connectivity index (χ0v) is 9.33. The van der Waals surface area contributed by atoms with Crippen molar-refractivity contribution in [2.75, 3.05) is 20.4 Å². The number of hydrogen-bond acceptors (Lipinski definition) is 5. The lowest BCUT2D eigenvalue weighted by Gasteiger charge is -2.18. The molecule has 2 N–H and O–H groups in total. The number of carbonyl (C=O) groups is 1. The summed E-state index contributed by atoms with van der Waals surface area (Å²) in [5.74, 6) is 0. The van der Waals surface area contributed by atoms with E-state index in [2.05, 4.69) is 10.9 Å². The summed E-state index contributed by atoms with van der Waals surface area (Å²) >= 11 is 3.07. The maximum Gasteiger partial charge on any atom is 0.333 e. The maximum absolute atomic E-state index is 11.2. The van der Waals surface area contributed by atoms with Gasteiger partial charge in [0.05, 0.1) is 4.24 Å². The van der Waals surface area contributed by atoms with E-state index in [-0.39, 0.29) is 6.03 Å². The van der Waals surface area contributed by atoms with Crippen molar-refractivity contribution >= 4 is 29.7 Å². The quantitative estimate of drug-likeness (QED) is 0.674. The highest BCUT2D eigenvalue weighted by Gasteiger charge is 2.16. The Morgan fingerprint density at radius 2 is 2.46 bits per heavy atom. The predicted molar refractivity (Wildman–Crippen MR) is 56.4 cm³/mol. The van der Waals surface area contributed by atoms with Crippen LogP contribution in [0, 0.1) is 0 Å². The molecule has 0 spiro atoms. The van der Waals surface area contributed by atoms with Crippen LogP contribution in [0.5, 0.6) is 0 Å². The standard InChI is InChI=1S/C6H12N4OS2/c1-9(2)6(11)8-10-7-4-5(12-3)13-10/h4,7H,1-3H3,(H,8,11). The number of urea groups is 1. The van der Waals surface area contributed by atoms with E-state index in [1.165, 1.54) is 16.8 Å². The highest BCUT2D eigenvalue weighted by molar-refractivity contribution is 8.21. The van der Waals surface area contributed by atoms with Crippen LogP contribution in [0.1, 0.15) is 0 Å². The molecule has 1 aliphatic rings. The molecule has 2 amide bonds. The average Bonchev–Trinajstić information content (AvgIpc) is 2.52. The zero-order chi connectivity index (χ0) is 9.84. The fourth-order valence-electron chi connectivity index (χ4n) is 0.592. The van der Waals surface area contributed by atoms with Gasteiger partial charge in [-0.05, 0) is 6.26 Å². The molecule has 0 saturated carbocycles. The van der Waals surface area contributed by atoms with Crippen LogP contribution in [-0.4, -0.2) is 35.8 Å². The number of nitrogens with one attached hydrogen (secondary N) is 2. The fraction of sp³-hybridized carbons (Fsp3) is 0.500. The Morgan fingerprint density at radius 3 is 2.92 bits per heavy atom. The molecule has 0 fully saturated rings. The van der Waals surface area contributed by atoms with Gasteiger partial charge >= 0.3 is 6.03 Å². The molecule has 0 aromatic rings. The van der Waals surface area contributed by atoms with E-state index in [1.54, 1.807) is 30.4 Å². The van der Waals surface area contributed by atoms with E-state index >= 15 is 0 Å². The zero-order valence-electron chi connectivity index (χ0n) is 7.70. The van der Waals surface area contributed by atoms with Gasteiger partial charge in [-0.1, -0.05) is 4.52 Å². The number of carbonyl (C=O) groups excluding carboxylic acids is 1. The summed E-state index contributed by atoms with van der Waals surface area (Å²) < 4.78 is 2.67. The topological polar surface area (TPSA) is 47.6 Å². The van der Waals surface area contributed by atoms with Gasteiger partial charge in [0.1, 0.15) is 0 Å². The summed E-state index contributed by atoms with van der Waals surface area (Å²) in [5, 5.41) is 0. The minimum atomic E-state index is -0.157. The normalized spacial score (nSPS) is 16.4. The van der Waals surface area contributed by atoms with E-state index in [0.29, 0.717) is 0 Å². The summed E-state index contributed by atoms with van der Waals surface area (Å²) in [4.78, 5) is 12.7. The van der Waals surface area contributed by atoms with Gasteiger partial charge in [-0.3, -0.25) is 5.43 Å². The third-order valence-corrected chi connectivity index (χ3v) is 3.21. The molecule has 0 bridgehead atoms. The number of thioether (sulfide) groups is 1. The van der Waals surface area contributed by atoms with Crippen LogP contribution in [-0.2, 0) is 0 Å². The second-order valence-corrected chi connectivity index (χ2v) is 4.59. The summed E-state index contributed by atoms with van der Waals surface area (Å²) in [6.45, 7) is 0. The summed E-state index contributed by atoms with van der Waals surface area (Å²) in [7, 11) is 3.39. The third-order valence-electron chi connectivity index (χ3n) is 1.29. The number of amides is 2. The lowest BCUT2D eigenvalue weighted by Crippen LogP contribution is -2.46. The predicted octanol–water partition coefficient (Wildman–Crippen LogP) is 0.803. The van der Waals surface area contributed by atoms with Crippen molar-refractivity contribution in [3.8, 4) is 0 Å². The molecule has 0 aliphatic carbocycles. The Balaban J connectivity index is 2.31. The van der Waals surface area contributed by atoms with E-state index < -0.39 is 0 Å². The fourth-order valence-corrected chi connectivity index (χ4v) is 1.80. The summed E-state index contributed by atoms with van der Waals surface area (Å²) in [6, 6.07) is -0.157. The first-order valence-electron chi connectivity index (χ1n) is 3.60. The minimum absolute atomic E-state index is 0.157. The first-order valence-corrected chi connectivity index (χ1v) is 5.59. The highest BCUT2D eigenvalue weighted by Crippen LogP contribution is 2.30. The molecule has 1 heterocycles. The number of hydrogen-bond donors (Lipinski definition) is 2. The molecular weight excluding hydrogens is 208 g/mol. The van der Waals surface area contributed by atoms with Crippen molar-refractivity contribution in [1.82, 2.24) is 20.3 Å². The number of nitrogens with zero attached hydrogens (tertiary/aromatic N) is 2. The van der Waals surface area contributed by atoms with Crippen molar-refractivity contribution in [3.63, 3.8) is 0 Å². The molecule has 0 radical (unpaired) electrons. The number of rotatable bonds is 2. The molecule has 0 aromatic carbocycles. The van der Waals surface area contributed by atoms with Gasteiger partial charge in [0.25, 0.3) is 0 Å². The van der Waals surface area contributed by atoms with Gasteiger partial charge < -0.3 is 4.90 Å². The van der Waals surface area contributed by atoms with E-state index in [1.807, 2.05) is 12.5 Å². The van der Waals surface area contributed by atoms with E-state index in [0.717, 1.165) is 4.24 Å². The Morgan fingerprint density at radius 1 is 1.77 bits per heavy atom. The first-order chi connectivity index (χ1) is 6.13. The molecule has 13 heavy (non-hydrogen) atoms. The van der Waals surface area contributed by atoms with Crippen LogP contribution < -0.4 is 10.9 Å². The monoisotopic (exact) mass is 220 g/mol. The first kappa shape index (κ1) is 10.6. The van der Waals surface area contributed by atoms with E-state index in [4.69, 9.17) is 0 Å². The Hall–Kier alpha value is -0.530. The SMILES string of the molecule is CSC1=CNN(NC(=O)N(C)C)S1. The van der Waals surface area contributed by atoms with Crippen molar-refractivity contribution < 1.29 is 4.79 Å². The Labute approximate surface area is 86.0 Å². The molecule has 1 aliphatic heterocycles. The molecule has 0 saturated heterocycles. The Bertz CT molecular complexity index is 231. The van der Waals surface area contributed by atoms with Gasteiger partial charge in [0.2, 0.25) is 0 Å². The third kappa shape index (κ3) is 3.02. The lowest BCUT2D eigenvalue weighted by molar-refractivity contribution is 0.193. The van der Waals surface area contributed by atoms with Crippen LogP contribution in [0.15, 0.2) is 10.4 Å². The molecular formula is C6H12N4OS2. The van der Waals surface area contributed by atoms with Crippen molar-refractivity contribution in [3.05, 3.63) is 10.4 Å². The van der Waals surface area contributed by atoms with Gasteiger partial charge in [0.15, 0.2) is 0 Å². The van der Waals surface area contributed by atoms with Gasteiger partial charge in [0, 0.05) is 32.2 Å². The second kappa shape index (κ2) is 4.64. The largest absolute Gasteiger partial charge is 0.333 e. The molecule has 0 aromatic heterocycles. The molecule has 0 atom stereocenters. The molecule has 5 nitrogen and oxygen atoms in total. The summed E-state index contributed by atoms with van der Waals surface area (Å²) in [6.07, 6.45) is 3.82. The second-order valence-electron chi connectivity index (χ2n) is 2.49. The maximum atomic E-state index is 11.2. The average molecular weight is 220 g/mol. The van der Waals surface area contributed by atoms with Gasteiger partial charge in [-0.15, -0.1) is 11.8 Å². The van der Waals surface area contributed by atoms with Crippen LogP contribution >= 0.6 is 23.7 Å². The van der Waals surface area contributed by atoms with Crippen LogP contribution in [0.3, 0.4) is 0 Å². The molecule has 1 rings (SSSR count). The highest BCUT2D eigenvalue weighted by atomic mass is 32.2. The summed E-state index contributed by atoms with van der Waals surface area (Å²) in [5.41, 5.74) is 5.55. The molecule has 0 unspecified atom stereocenters. The van der Waals surface area contributed by atoms with Crippen molar-refractivity contribution in [2.24, 2.45) is 0 Å².